The molecule has 1 saturated heterocycles. The zero-order valence-electron chi connectivity index (χ0n) is 15.0. The van der Waals surface area contributed by atoms with E-state index in [1.54, 1.807) is 31.4 Å². The van der Waals surface area contributed by atoms with Crippen LogP contribution in [0.1, 0.15) is 43.9 Å². The van der Waals surface area contributed by atoms with Gasteiger partial charge in [-0.15, -0.1) is 11.3 Å². The summed E-state index contributed by atoms with van der Waals surface area (Å²) in [4.78, 5) is 66.2. The van der Waals surface area contributed by atoms with Crippen molar-refractivity contribution in [3.63, 3.8) is 0 Å². The van der Waals surface area contributed by atoms with E-state index in [9.17, 15) is 24.0 Å². The predicted octanol–water partition coefficient (Wildman–Crippen LogP) is 2.07. The Labute approximate surface area is 158 Å². The van der Waals surface area contributed by atoms with Crippen molar-refractivity contribution in [1.82, 2.24) is 14.8 Å². The Kier molecular flexibility index (Phi) is 4.79. The van der Waals surface area contributed by atoms with Gasteiger partial charge in [0, 0.05) is 16.1 Å². The molecule has 0 radical (unpaired) electrons. The van der Waals surface area contributed by atoms with Gasteiger partial charge in [0.1, 0.15) is 0 Å². The fourth-order valence-corrected chi connectivity index (χ4v) is 3.86. The number of amides is 4. The van der Waals surface area contributed by atoms with E-state index in [1.807, 2.05) is 0 Å². The number of rotatable bonds is 6. The minimum absolute atomic E-state index is 0.0130. The molecule has 3 rings (SSSR count). The Morgan fingerprint density at radius 2 is 1.78 bits per heavy atom. The van der Waals surface area contributed by atoms with Gasteiger partial charge >= 0.3 is 17.8 Å². The summed E-state index contributed by atoms with van der Waals surface area (Å²) in [6.45, 7) is 4.10. The number of aromatic amines is 1. The molecule has 9 heteroatoms. The molecule has 0 saturated carbocycles. The van der Waals surface area contributed by atoms with Gasteiger partial charge in [0.15, 0.2) is 11.6 Å². The third kappa shape index (κ3) is 3.21. The molecule has 0 aliphatic carbocycles. The van der Waals surface area contributed by atoms with Crippen molar-refractivity contribution < 1.29 is 24.0 Å². The van der Waals surface area contributed by atoms with E-state index < -0.39 is 30.2 Å². The third-order valence-electron chi connectivity index (χ3n) is 4.40. The fourth-order valence-electron chi connectivity index (χ4n) is 3.17. The number of Topliss-reactive ketones (excluding diaryl/α,β-unsaturated/α-hetero) is 2. The summed E-state index contributed by atoms with van der Waals surface area (Å²) >= 11 is 1.36. The summed E-state index contributed by atoms with van der Waals surface area (Å²) < 4.78 is 0. The topological polar surface area (TPSA) is 108 Å². The summed E-state index contributed by atoms with van der Waals surface area (Å²) in [5.41, 5.74) is 1.57. The first kappa shape index (κ1) is 18.7. The van der Waals surface area contributed by atoms with Crippen molar-refractivity contribution in [2.45, 2.75) is 27.3 Å². The van der Waals surface area contributed by atoms with Gasteiger partial charge in [0.2, 0.25) is 0 Å². The lowest BCUT2D eigenvalue weighted by Crippen LogP contribution is -2.37. The van der Waals surface area contributed by atoms with E-state index in [-0.39, 0.29) is 18.0 Å². The highest BCUT2D eigenvalue weighted by molar-refractivity contribution is 7.09. The molecule has 8 nitrogen and oxygen atoms in total. The standard InChI is InChI=1S/C18H17N3O5S/c1-9-14(11(3)22)10(2)19-15(9)13(23)8-21-17(25)16(24)20(18(21)26)7-12-5-4-6-27-12/h4-6,19H,7-8H2,1-3H3. The van der Waals surface area contributed by atoms with Crippen LogP contribution in [0.15, 0.2) is 17.5 Å². The lowest BCUT2D eigenvalue weighted by Gasteiger charge is -2.14. The second-order valence-electron chi connectivity index (χ2n) is 6.25. The molecule has 27 heavy (non-hydrogen) atoms. The Morgan fingerprint density at radius 1 is 1.11 bits per heavy atom. The predicted molar refractivity (Wildman–Crippen MR) is 96.6 cm³/mol. The molecule has 2 aromatic heterocycles. The molecular formula is C18H17N3O5S. The van der Waals surface area contributed by atoms with Crippen molar-refractivity contribution in [2.24, 2.45) is 0 Å². The van der Waals surface area contributed by atoms with Crippen molar-refractivity contribution in [3.8, 4) is 0 Å². The number of nitrogens with zero attached hydrogens (tertiary/aromatic N) is 2. The lowest BCUT2D eigenvalue weighted by molar-refractivity contribution is -0.143. The number of urea groups is 1. The largest absolute Gasteiger partial charge is 0.355 e. The molecule has 1 aliphatic rings. The molecule has 2 aromatic rings. The van der Waals surface area contributed by atoms with Crippen LogP contribution in [0.4, 0.5) is 4.79 Å². The molecule has 1 aliphatic heterocycles. The molecule has 3 heterocycles. The summed E-state index contributed by atoms with van der Waals surface area (Å²) in [6, 6.07) is 2.70. The number of carbonyl (C=O) groups excluding carboxylic acids is 5. The maximum absolute atomic E-state index is 12.6. The smallest absolute Gasteiger partial charge is 0.335 e. The van der Waals surface area contributed by atoms with Crippen LogP contribution in [0, 0.1) is 13.8 Å². The maximum atomic E-state index is 12.6. The number of aromatic nitrogens is 1. The highest BCUT2D eigenvalue weighted by atomic mass is 32.1. The maximum Gasteiger partial charge on any atom is 0.335 e. The van der Waals surface area contributed by atoms with E-state index in [1.165, 1.54) is 18.3 Å². The summed E-state index contributed by atoms with van der Waals surface area (Å²) in [6.07, 6.45) is 0. The number of aryl methyl sites for hydroxylation is 1. The van der Waals surface area contributed by atoms with Crippen molar-refractivity contribution in [3.05, 3.63) is 44.9 Å². The number of nitrogens with one attached hydrogen (secondary N) is 1. The van der Waals surface area contributed by atoms with Crippen LogP contribution in [-0.4, -0.2) is 50.7 Å². The second-order valence-corrected chi connectivity index (χ2v) is 7.28. The zero-order chi connectivity index (χ0) is 19.9. The number of carbonyl (C=O) groups is 5. The van der Waals surface area contributed by atoms with Crippen molar-refractivity contribution in [2.75, 3.05) is 6.54 Å². The van der Waals surface area contributed by atoms with Crippen molar-refractivity contribution in [1.29, 1.82) is 0 Å². The van der Waals surface area contributed by atoms with Crippen LogP contribution < -0.4 is 0 Å². The number of thiophene rings is 1. The van der Waals surface area contributed by atoms with E-state index >= 15 is 0 Å². The monoisotopic (exact) mass is 387 g/mol. The number of hydrogen-bond donors (Lipinski definition) is 1. The third-order valence-corrected chi connectivity index (χ3v) is 5.26. The summed E-state index contributed by atoms with van der Waals surface area (Å²) in [5, 5.41) is 1.80. The average molecular weight is 387 g/mol. The van der Waals surface area contributed by atoms with Gasteiger partial charge in [-0.1, -0.05) is 6.07 Å². The molecule has 1 fully saturated rings. The van der Waals surface area contributed by atoms with Crippen LogP contribution in [0.5, 0.6) is 0 Å². The fraction of sp³-hybridized carbons (Fsp3) is 0.278. The first-order chi connectivity index (χ1) is 12.7. The Hall–Kier alpha value is -3.07. The highest BCUT2D eigenvalue weighted by Crippen LogP contribution is 2.22. The van der Waals surface area contributed by atoms with Gasteiger partial charge in [-0.2, -0.15) is 0 Å². The Bertz CT molecular complexity index is 974. The van der Waals surface area contributed by atoms with Crippen LogP contribution in [-0.2, 0) is 16.1 Å². The van der Waals surface area contributed by atoms with E-state index in [2.05, 4.69) is 4.98 Å². The first-order valence-electron chi connectivity index (χ1n) is 8.15. The summed E-state index contributed by atoms with van der Waals surface area (Å²) in [7, 11) is 0. The number of H-pyrrole nitrogens is 1. The molecule has 0 unspecified atom stereocenters. The second kappa shape index (κ2) is 6.92. The highest BCUT2D eigenvalue weighted by Gasteiger charge is 2.45. The normalized spacial score (nSPS) is 14.4. The van der Waals surface area contributed by atoms with E-state index in [4.69, 9.17) is 0 Å². The molecule has 0 bridgehead atoms. The van der Waals surface area contributed by atoms with Crippen LogP contribution >= 0.6 is 11.3 Å². The molecule has 1 N–H and O–H groups in total. The minimum atomic E-state index is -1.03. The molecule has 4 amide bonds. The van der Waals surface area contributed by atoms with Gasteiger partial charge in [-0.25, -0.2) is 9.69 Å². The summed E-state index contributed by atoms with van der Waals surface area (Å²) in [5.74, 6) is -2.72. The SMILES string of the molecule is CC(=O)c1c(C)[nH]c(C(=O)CN2C(=O)C(=O)N(Cc3cccs3)C2=O)c1C. The van der Waals surface area contributed by atoms with E-state index in [0.29, 0.717) is 21.7 Å². The molecule has 0 spiro atoms. The van der Waals surface area contributed by atoms with Gasteiger partial charge < -0.3 is 4.98 Å². The molecular weight excluding hydrogens is 370 g/mol. The van der Waals surface area contributed by atoms with E-state index in [0.717, 1.165) is 9.78 Å². The Balaban J connectivity index is 1.81. The molecule has 0 atom stereocenters. The van der Waals surface area contributed by atoms with Crippen LogP contribution in [0.3, 0.4) is 0 Å². The van der Waals surface area contributed by atoms with Gasteiger partial charge in [0.05, 0.1) is 18.8 Å². The molecule has 140 valence electrons. The van der Waals surface area contributed by atoms with Gasteiger partial charge in [0.25, 0.3) is 0 Å². The molecule has 0 aromatic carbocycles. The number of imide groups is 2. The first-order valence-corrected chi connectivity index (χ1v) is 9.03. The zero-order valence-corrected chi connectivity index (χ0v) is 15.8. The lowest BCUT2D eigenvalue weighted by atomic mass is 10.1. The van der Waals surface area contributed by atoms with Crippen LogP contribution in [0.25, 0.3) is 0 Å². The van der Waals surface area contributed by atoms with Gasteiger partial charge in [-0.05, 0) is 37.8 Å². The van der Waals surface area contributed by atoms with Crippen molar-refractivity contribution >= 4 is 40.7 Å². The van der Waals surface area contributed by atoms with Crippen LogP contribution in [0.2, 0.25) is 0 Å². The minimum Gasteiger partial charge on any atom is -0.355 e. The Morgan fingerprint density at radius 3 is 2.33 bits per heavy atom. The quantitative estimate of drug-likeness (QED) is 0.464. The number of ketones is 2. The average Bonchev–Trinajstić information content (AvgIpc) is 3.26. The van der Waals surface area contributed by atoms with Gasteiger partial charge in [-0.3, -0.25) is 24.1 Å². The number of hydrogen-bond acceptors (Lipinski definition) is 6.